The van der Waals surface area contributed by atoms with E-state index < -0.39 is 6.04 Å². The summed E-state index contributed by atoms with van der Waals surface area (Å²) in [7, 11) is 0. The lowest BCUT2D eigenvalue weighted by atomic mass is 10.0. The average Bonchev–Trinajstić information content (AvgIpc) is 2.53. The van der Waals surface area contributed by atoms with Crippen LogP contribution < -0.4 is 11.1 Å². The Hall–Kier alpha value is -0.810. The standard InChI is InChI=1S/C19H33N3O.2ClH/c1-5-22(6-2)17(13-16-10-8-7-9-11-16)14-21-19(23)18(20)12-15(3)4;;/h7-11,15,17-18H,5-6,12-14,20H2,1-4H3,(H,21,23);2*1H/t17?,18-;;/m0../s1. The fourth-order valence-electron chi connectivity index (χ4n) is 2.92. The molecule has 0 saturated heterocycles. The number of nitrogens with zero attached hydrogens (tertiary/aromatic N) is 1. The molecule has 1 unspecified atom stereocenters. The Balaban J connectivity index is 0. The molecule has 0 aliphatic carbocycles. The van der Waals surface area contributed by atoms with E-state index in [9.17, 15) is 4.79 Å². The summed E-state index contributed by atoms with van der Waals surface area (Å²) in [5.41, 5.74) is 7.27. The maximum absolute atomic E-state index is 12.2. The Labute approximate surface area is 165 Å². The molecule has 6 heteroatoms. The van der Waals surface area contributed by atoms with Gasteiger partial charge in [-0.15, -0.1) is 24.8 Å². The molecule has 1 aromatic carbocycles. The van der Waals surface area contributed by atoms with E-state index in [1.54, 1.807) is 0 Å². The van der Waals surface area contributed by atoms with Crippen LogP contribution in [0.25, 0.3) is 0 Å². The van der Waals surface area contributed by atoms with Crippen LogP contribution in [0.15, 0.2) is 30.3 Å². The molecule has 0 bridgehead atoms. The largest absolute Gasteiger partial charge is 0.353 e. The number of halogens is 2. The van der Waals surface area contributed by atoms with E-state index >= 15 is 0 Å². The Morgan fingerprint density at radius 3 is 2.16 bits per heavy atom. The number of nitrogens with two attached hydrogens (primary N) is 1. The van der Waals surface area contributed by atoms with Crippen molar-refractivity contribution in [2.75, 3.05) is 19.6 Å². The molecule has 1 aromatic rings. The number of hydrogen-bond acceptors (Lipinski definition) is 3. The summed E-state index contributed by atoms with van der Waals surface area (Å²) >= 11 is 0. The minimum absolute atomic E-state index is 0. The Morgan fingerprint density at radius 1 is 1.12 bits per heavy atom. The first kappa shape index (κ1) is 26.4. The summed E-state index contributed by atoms with van der Waals surface area (Å²) in [4.78, 5) is 14.6. The molecular weight excluding hydrogens is 357 g/mol. The van der Waals surface area contributed by atoms with Gasteiger partial charge in [-0.1, -0.05) is 58.0 Å². The Morgan fingerprint density at radius 2 is 1.68 bits per heavy atom. The topological polar surface area (TPSA) is 58.4 Å². The fraction of sp³-hybridized carbons (Fsp3) is 0.632. The van der Waals surface area contributed by atoms with Crippen molar-refractivity contribution in [3.8, 4) is 0 Å². The van der Waals surface area contributed by atoms with Gasteiger partial charge in [-0.3, -0.25) is 9.69 Å². The summed E-state index contributed by atoms with van der Waals surface area (Å²) in [5, 5.41) is 3.05. The van der Waals surface area contributed by atoms with E-state index in [0.717, 1.165) is 25.9 Å². The van der Waals surface area contributed by atoms with Crippen molar-refractivity contribution in [1.82, 2.24) is 10.2 Å². The lowest BCUT2D eigenvalue weighted by Crippen LogP contribution is -2.49. The second-order valence-corrected chi connectivity index (χ2v) is 6.55. The highest BCUT2D eigenvalue weighted by Crippen LogP contribution is 2.09. The van der Waals surface area contributed by atoms with Gasteiger partial charge in [-0.25, -0.2) is 0 Å². The lowest BCUT2D eigenvalue weighted by Gasteiger charge is -2.30. The van der Waals surface area contributed by atoms with E-state index in [-0.39, 0.29) is 30.7 Å². The van der Waals surface area contributed by atoms with Crippen molar-refractivity contribution in [2.24, 2.45) is 11.7 Å². The third-order valence-electron chi connectivity index (χ3n) is 4.22. The molecule has 1 rings (SSSR count). The SMILES string of the molecule is CCN(CC)C(CNC(=O)[C@@H](N)CC(C)C)Cc1ccccc1.Cl.Cl. The van der Waals surface area contributed by atoms with E-state index in [1.807, 2.05) is 6.07 Å². The minimum atomic E-state index is -0.413. The van der Waals surface area contributed by atoms with Crippen LogP contribution in [0.1, 0.15) is 39.7 Å². The summed E-state index contributed by atoms with van der Waals surface area (Å²) in [6.45, 7) is 11.1. The number of hydrogen-bond donors (Lipinski definition) is 2. The van der Waals surface area contributed by atoms with Crippen LogP contribution in [-0.2, 0) is 11.2 Å². The summed E-state index contributed by atoms with van der Waals surface area (Å²) in [6, 6.07) is 10.3. The van der Waals surface area contributed by atoms with Crippen molar-refractivity contribution >= 4 is 30.7 Å². The number of carbonyl (C=O) groups is 1. The lowest BCUT2D eigenvalue weighted by molar-refractivity contribution is -0.122. The molecule has 0 aromatic heterocycles. The van der Waals surface area contributed by atoms with Gasteiger partial charge in [0, 0.05) is 12.6 Å². The molecule has 0 aliphatic heterocycles. The zero-order valence-corrected chi connectivity index (χ0v) is 17.5. The first-order chi connectivity index (χ1) is 11.0. The maximum Gasteiger partial charge on any atom is 0.236 e. The molecule has 0 heterocycles. The van der Waals surface area contributed by atoms with Crippen molar-refractivity contribution < 1.29 is 4.79 Å². The van der Waals surface area contributed by atoms with Gasteiger partial charge in [0.25, 0.3) is 0 Å². The molecule has 3 N–H and O–H groups in total. The summed E-state index contributed by atoms with van der Waals surface area (Å²) in [6.07, 6.45) is 1.66. The number of amides is 1. The Kier molecular flexibility index (Phi) is 15.2. The van der Waals surface area contributed by atoms with E-state index in [2.05, 4.69) is 62.2 Å². The van der Waals surface area contributed by atoms with Crippen molar-refractivity contribution in [2.45, 2.75) is 52.6 Å². The van der Waals surface area contributed by atoms with Crippen molar-refractivity contribution in [3.05, 3.63) is 35.9 Å². The van der Waals surface area contributed by atoms with Crippen LogP contribution in [-0.4, -0.2) is 42.5 Å². The summed E-state index contributed by atoms with van der Waals surface area (Å²) in [5.74, 6) is 0.391. The van der Waals surface area contributed by atoms with Crippen molar-refractivity contribution in [1.29, 1.82) is 0 Å². The zero-order chi connectivity index (χ0) is 17.2. The third kappa shape index (κ3) is 10.0. The third-order valence-corrected chi connectivity index (χ3v) is 4.22. The molecule has 1 amide bonds. The highest BCUT2D eigenvalue weighted by atomic mass is 35.5. The van der Waals surface area contributed by atoms with Crippen LogP contribution in [0.4, 0.5) is 0 Å². The maximum atomic E-state index is 12.2. The van der Waals surface area contributed by atoms with E-state index in [4.69, 9.17) is 5.73 Å². The van der Waals surface area contributed by atoms with Crippen molar-refractivity contribution in [3.63, 3.8) is 0 Å². The molecule has 0 radical (unpaired) electrons. The normalized spacial score (nSPS) is 12.9. The molecule has 0 fully saturated rings. The van der Waals surface area contributed by atoms with Gasteiger partial charge in [-0.2, -0.15) is 0 Å². The number of nitrogens with one attached hydrogen (secondary N) is 1. The van der Waals surface area contributed by atoms with Gasteiger partial charge in [0.2, 0.25) is 5.91 Å². The second-order valence-electron chi connectivity index (χ2n) is 6.55. The van der Waals surface area contributed by atoms with Gasteiger partial charge in [0.05, 0.1) is 6.04 Å². The molecular formula is C19H35Cl2N3O. The van der Waals surface area contributed by atoms with Crippen LogP contribution >= 0.6 is 24.8 Å². The molecule has 2 atom stereocenters. The predicted octanol–water partition coefficient (Wildman–Crippen LogP) is 3.27. The van der Waals surface area contributed by atoms with Gasteiger partial charge in [0.15, 0.2) is 0 Å². The zero-order valence-electron chi connectivity index (χ0n) is 15.9. The monoisotopic (exact) mass is 391 g/mol. The second kappa shape index (κ2) is 14.4. The van der Waals surface area contributed by atoms with Crippen LogP contribution in [0.2, 0.25) is 0 Å². The number of rotatable bonds is 10. The quantitative estimate of drug-likeness (QED) is 0.643. The highest BCUT2D eigenvalue weighted by molar-refractivity contribution is 5.85. The van der Waals surface area contributed by atoms with Gasteiger partial charge in [-0.05, 0) is 37.4 Å². The van der Waals surface area contributed by atoms with Gasteiger partial charge < -0.3 is 11.1 Å². The number of carbonyl (C=O) groups excluding carboxylic acids is 1. The van der Waals surface area contributed by atoms with Crippen LogP contribution in [0.3, 0.4) is 0 Å². The van der Waals surface area contributed by atoms with Gasteiger partial charge in [0.1, 0.15) is 0 Å². The smallest absolute Gasteiger partial charge is 0.236 e. The molecule has 146 valence electrons. The number of benzene rings is 1. The molecule has 4 nitrogen and oxygen atoms in total. The highest BCUT2D eigenvalue weighted by Gasteiger charge is 2.20. The summed E-state index contributed by atoms with van der Waals surface area (Å²) < 4.78 is 0. The minimum Gasteiger partial charge on any atom is -0.353 e. The first-order valence-corrected chi connectivity index (χ1v) is 8.79. The first-order valence-electron chi connectivity index (χ1n) is 8.79. The van der Waals surface area contributed by atoms with Gasteiger partial charge >= 0.3 is 0 Å². The Bertz CT molecular complexity index is 453. The molecule has 25 heavy (non-hydrogen) atoms. The predicted molar refractivity (Wildman–Crippen MR) is 112 cm³/mol. The molecule has 0 spiro atoms. The van der Waals surface area contributed by atoms with E-state index in [1.165, 1.54) is 5.56 Å². The van der Waals surface area contributed by atoms with Crippen LogP contribution in [0.5, 0.6) is 0 Å². The van der Waals surface area contributed by atoms with E-state index in [0.29, 0.717) is 18.5 Å². The fourth-order valence-corrected chi connectivity index (χ4v) is 2.92. The van der Waals surface area contributed by atoms with Crippen LogP contribution in [0, 0.1) is 5.92 Å². The average molecular weight is 392 g/mol. The number of likely N-dealkylation sites (N-methyl/N-ethyl adjacent to an activating group) is 1. The molecule has 0 aliphatic rings. The molecule has 0 saturated carbocycles.